The molecule has 0 radical (unpaired) electrons. The molecule has 3 nitrogen and oxygen atoms in total. The molecule has 0 bridgehead atoms. The summed E-state index contributed by atoms with van der Waals surface area (Å²) in [6, 6.07) is 15.5. The largest absolute Gasteiger partial charge is 0.353 e. The van der Waals surface area contributed by atoms with Crippen molar-refractivity contribution < 1.29 is 4.79 Å². The highest BCUT2D eigenvalue weighted by atomic mass is 35.5. The third-order valence-corrected chi connectivity index (χ3v) is 5.07. The van der Waals surface area contributed by atoms with Crippen molar-refractivity contribution in [3.63, 3.8) is 0 Å². The molecule has 2 unspecified atom stereocenters. The minimum Gasteiger partial charge on any atom is -0.353 e. The highest BCUT2D eigenvalue weighted by molar-refractivity contribution is 8.00. The number of fused-ring (bicyclic) bond motifs is 1. The zero-order valence-corrected chi connectivity index (χ0v) is 14.9. The number of nitrogens with one attached hydrogen (secondary N) is 2. The molecule has 0 aliphatic carbocycles. The summed E-state index contributed by atoms with van der Waals surface area (Å²) in [6.45, 7) is 3.16. The molecule has 2 aromatic rings. The SMILES string of the molecule is CC1CC(NC(=O)CSc2ccc3ccccc3c2)CCN1.Cl. The van der Waals surface area contributed by atoms with Gasteiger partial charge in [-0.2, -0.15) is 0 Å². The van der Waals surface area contributed by atoms with E-state index in [9.17, 15) is 4.79 Å². The van der Waals surface area contributed by atoms with Gasteiger partial charge in [-0.15, -0.1) is 24.2 Å². The number of carbonyl (C=O) groups is 1. The molecule has 2 aromatic carbocycles. The fourth-order valence-corrected chi connectivity index (χ4v) is 3.69. The lowest BCUT2D eigenvalue weighted by Gasteiger charge is -2.28. The first-order chi connectivity index (χ1) is 10.7. The summed E-state index contributed by atoms with van der Waals surface area (Å²) in [5.74, 6) is 0.619. The molecule has 0 aromatic heterocycles. The number of hydrogen-bond donors (Lipinski definition) is 2. The van der Waals surface area contributed by atoms with Crippen LogP contribution in [0, 0.1) is 0 Å². The Morgan fingerprint density at radius 1 is 1.26 bits per heavy atom. The van der Waals surface area contributed by atoms with Crippen LogP contribution >= 0.6 is 24.2 Å². The number of amides is 1. The van der Waals surface area contributed by atoms with E-state index < -0.39 is 0 Å². The molecule has 1 heterocycles. The molecule has 23 heavy (non-hydrogen) atoms. The molecule has 1 aliphatic rings. The highest BCUT2D eigenvalue weighted by Gasteiger charge is 2.19. The normalized spacial score (nSPS) is 20.7. The van der Waals surface area contributed by atoms with Gasteiger partial charge in [-0.25, -0.2) is 0 Å². The van der Waals surface area contributed by atoms with E-state index in [0.717, 1.165) is 24.3 Å². The molecule has 0 saturated carbocycles. The zero-order valence-electron chi connectivity index (χ0n) is 13.2. The van der Waals surface area contributed by atoms with E-state index in [2.05, 4.69) is 47.9 Å². The molecule has 2 atom stereocenters. The Kier molecular flexibility index (Phi) is 6.75. The lowest BCUT2D eigenvalue weighted by Crippen LogP contribution is -2.47. The van der Waals surface area contributed by atoms with Crippen LogP contribution in [0.15, 0.2) is 47.4 Å². The minimum atomic E-state index is 0. The van der Waals surface area contributed by atoms with E-state index in [1.807, 2.05) is 12.1 Å². The smallest absolute Gasteiger partial charge is 0.230 e. The lowest BCUT2D eigenvalue weighted by atomic mass is 10.0. The maximum absolute atomic E-state index is 12.1. The third kappa shape index (κ3) is 5.13. The summed E-state index contributed by atoms with van der Waals surface area (Å²) >= 11 is 1.61. The second-order valence-electron chi connectivity index (χ2n) is 5.94. The van der Waals surface area contributed by atoms with Gasteiger partial charge in [0.1, 0.15) is 0 Å². The van der Waals surface area contributed by atoms with E-state index in [1.54, 1.807) is 11.8 Å². The highest BCUT2D eigenvalue weighted by Crippen LogP contribution is 2.23. The average molecular weight is 351 g/mol. The summed E-state index contributed by atoms with van der Waals surface area (Å²) in [6.07, 6.45) is 2.04. The van der Waals surface area contributed by atoms with Gasteiger partial charge >= 0.3 is 0 Å². The Hall–Kier alpha value is -1.23. The van der Waals surface area contributed by atoms with Gasteiger partial charge in [-0.05, 0) is 49.2 Å². The number of piperidine rings is 1. The second kappa shape index (κ2) is 8.57. The topological polar surface area (TPSA) is 41.1 Å². The molecule has 124 valence electrons. The van der Waals surface area contributed by atoms with Crippen molar-refractivity contribution in [2.24, 2.45) is 0 Å². The first-order valence-corrected chi connectivity index (χ1v) is 8.83. The van der Waals surface area contributed by atoms with Gasteiger partial charge in [0.2, 0.25) is 5.91 Å². The first-order valence-electron chi connectivity index (χ1n) is 7.85. The fourth-order valence-electron chi connectivity index (χ4n) is 2.94. The van der Waals surface area contributed by atoms with E-state index in [-0.39, 0.29) is 18.3 Å². The number of halogens is 1. The van der Waals surface area contributed by atoms with Crippen LogP contribution in [-0.2, 0) is 4.79 Å². The Morgan fingerprint density at radius 2 is 2.04 bits per heavy atom. The Morgan fingerprint density at radius 3 is 2.83 bits per heavy atom. The van der Waals surface area contributed by atoms with Crippen LogP contribution in [0.4, 0.5) is 0 Å². The fraction of sp³-hybridized carbons (Fsp3) is 0.389. The van der Waals surface area contributed by atoms with Crippen molar-refractivity contribution >= 4 is 40.8 Å². The van der Waals surface area contributed by atoms with Crippen molar-refractivity contribution in [2.45, 2.75) is 36.7 Å². The molecule has 1 fully saturated rings. The Balaban J connectivity index is 0.00000192. The van der Waals surface area contributed by atoms with E-state index >= 15 is 0 Å². The van der Waals surface area contributed by atoms with Crippen LogP contribution in [-0.4, -0.2) is 30.3 Å². The summed E-state index contributed by atoms with van der Waals surface area (Å²) in [5.41, 5.74) is 0. The summed E-state index contributed by atoms with van der Waals surface area (Å²) < 4.78 is 0. The predicted octanol–water partition coefficient (Wildman–Crippen LogP) is 3.61. The molecular weight excluding hydrogens is 328 g/mol. The number of benzene rings is 2. The lowest BCUT2D eigenvalue weighted by molar-refractivity contribution is -0.119. The number of carbonyl (C=O) groups excluding carboxylic acids is 1. The quantitative estimate of drug-likeness (QED) is 0.828. The van der Waals surface area contributed by atoms with Gasteiger partial charge in [-0.1, -0.05) is 30.3 Å². The van der Waals surface area contributed by atoms with Gasteiger partial charge in [0.05, 0.1) is 5.75 Å². The molecule has 5 heteroatoms. The molecule has 0 spiro atoms. The number of rotatable bonds is 4. The molecular formula is C18H23ClN2OS. The summed E-state index contributed by atoms with van der Waals surface area (Å²) in [4.78, 5) is 13.2. The zero-order chi connectivity index (χ0) is 15.4. The van der Waals surface area contributed by atoms with Crippen molar-refractivity contribution in [1.29, 1.82) is 0 Å². The first kappa shape index (κ1) is 18.1. The molecule has 2 N–H and O–H groups in total. The Bertz CT molecular complexity index is 664. The van der Waals surface area contributed by atoms with Crippen LogP contribution in [0.1, 0.15) is 19.8 Å². The van der Waals surface area contributed by atoms with Crippen molar-refractivity contribution in [2.75, 3.05) is 12.3 Å². The van der Waals surface area contributed by atoms with Crippen LogP contribution in [0.5, 0.6) is 0 Å². The summed E-state index contributed by atoms with van der Waals surface area (Å²) in [7, 11) is 0. The van der Waals surface area contributed by atoms with Gasteiger partial charge in [-0.3, -0.25) is 4.79 Å². The van der Waals surface area contributed by atoms with Crippen LogP contribution < -0.4 is 10.6 Å². The van der Waals surface area contributed by atoms with Crippen molar-refractivity contribution in [3.8, 4) is 0 Å². The molecule has 1 amide bonds. The van der Waals surface area contributed by atoms with E-state index in [1.165, 1.54) is 10.8 Å². The standard InChI is InChI=1S/C18H22N2OS.ClH/c1-13-10-16(8-9-19-13)20-18(21)12-22-17-7-6-14-4-2-3-5-15(14)11-17;/h2-7,11,13,16,19H,8-10,12H2,1H3,(H,20,21);1H. The van der Waals surface area contributed by atoms with Gasteiger partial charge in [0, 0.05) is 17.0 Å². The van der Waals surface area contributed by atoms with E-state index in [0.29, 0.717) is 17.8 Å². The third-order valence-electron chi connectivity index (χ3n) is 4.08. The monoisotopic (exact) mass is 350 g/mol. The Labute approximate surface area is 148 Å². The second-order valence-corrected chi connectivity index (χ2v) is 6.99. The van der Waals surface area contributed by atoms with Crippen LogP contribution in [0.3, 0.4) is 0 Å². The number of thioether (sulfide) groups is 1. The maximum Gasteiger partial charge on any atom is 0.230 e. The molecule has 1 saturated heterocycles. The van der Waals surface area contributed by atoms with Crippen LogP contribution in [0.2, 0.25) is 0 Å². The average Bonchev–Trinajstić information content (AvgIpc) is 2.53. The molecule has 1 aliphatic heterocycles. The van der Waals surface area contributed by atoms with Crippen LogP contribution in [0.25, 0.3) is 10.8 Å². The van der Waals surface area contributed by atoms with Gasteiger partial charge in [0.25, 0.3) is 0 Å². The number of hydrogen-bond acceptors (Lipinski definition) is 3. The molecule has 3 rings (SSSR count). The van der Waals surface area contributed by atoms with Gasteiger partial charge < -0.3 is 10.6 Å². The van der Waals surface area contributed by atoms with Crippen molar-refractivity contribution in [3.05, 3.63) is 42.5 Å². The minimum absolute atomic E-state index is 0. The van der Waals surface area contributed by atoms with Crippen molar-refractivity contribution in [1.82, 2.24) is 10.6 Å². The van der Waals surface area contributed by atoms with E-state index in [4.69, 9.17) is 0 Å². The summed E-state index contributed by atoms with van der Waals surface area (Å²) in [5, 5.41) is 9.02. The maximum atomic E-state index is 12.1. The van der Waals surface area contributed by atoms with Gasteiger partial charge in [0.15, 0.2) is 0 Å². The predicted molar refractivity (Wildman–Crippen MR) is 101 cm³/mol.